The molecule has 30 heavy (non-hydrogen) atoms. The van der Waals surface area contributed by atoms with Crippen LogP contribution in [0.1, 0.15) is 63.9 Å². The SMILES string of the molecule is Cc1cc(C)nc(C(=O)c2c(C(C)C)c(=O)[nH]c(=O)n2Cc2ccc(C#N)cc2)c1. The van der Waals surface area contributed by atoms with Gasteiger partial charge in [-0.15, -0.1) is 0 Å². The van der Waals surface area contributed by atoms with Gasteiger partial charge < -0.3 is 0 Å². The minimum Gasteiger partial charge on any atom is -0.285 e. The Kier molecular flexibility index (Phi) is 5.79. The van der Waals surface area contributed by atoms with Crippen molar-refractivity contribution in [2.75, 3.05) is 0 Å². The summed E-state index contributed by atoms with van der Waals surface area (Å²) in [5.74, 6) is -0.756. The third-order valence-corrected chi connectivity index (χ3v) is 4.78. The van der Waals surface area contributed by atoms with Crippen LogP contribution in [0, 0.1) is 25.2 Å². The number of rotatable bonds is 5. The van der Waals surface area contributed by atoms with Gasteiger partial charge in [0.25, 0.3) is 5.56 Å². The largest absolute Gasteiger partial charge is 0.329 e. The fourth-order valence-electron chi connectivity index (χ4n) is 3.46. The molecule has 0 bridgehead atoms. The lowest BCUT2D eigenvalue weighted by Crippen LogP contribution is -2.38. The van der Waals surface area contributed by atoms with Gasteiger partial charge in [0.05, 0.1) is 18.2 Å². The number of benzene rings is 1. The molecule has 0 unspecified atom stereocenters. The summed E-state index contributed by atoms with van der Waals surface area (Å²) in [6, 6.07) is 12.3. The molecule has 2 aromatic heterocycles. The highest BCUT2D eigenvalue weighted by molar-refractivity contribution is 6.07. The molecule has 152 valence electrons. The number of hydrogen-bond acceptors (Lipinski definition) is 5. The van der Waals surface area contributed by atoms with Crippen molar-refractivity contribution in [3.05, 3.63) is 96.6 Å². The Labute approximate surface area is 173 Å². The number of aromatic amines is 1. The molecule has 1 N–H and O–H groups in total. The number of H-pyrrole nitrogens is 1. The Hall–Kier alpha value is -3.79. The number of pyridine rings is 1. The molecule has 7 heteroatoms. The van der Waals surface area contributed by atoms with Gasteiger partial charge in [-0.3, -0.25) is 19.1 Å². The number of carbonyl (C=O) groups is 1. The minimum absolute atomic E-state index is 0.0422. The first kappa shape index (κ1) is 20.9. The summed E-state index contributed by atoms with van der Waals surface area (Å²) < 4.78 is 1.28. The first-order valence-electron chi connectivity index (χ1n) is 9.57. The zero-order valence-electron chi connectivity index (χ0n) is 17.3. The van der Waals surface area contributed by atoms with Crippen molar-refractivity contribution in [3.8, 4) is 6.07 Å². The number of nitriles is 1. The first-order chi connectivity index (χ1) is 14.2. The van der Waals surface area contributed by atoms with Crippen LogP contribution in [0.3, 0.4) is 0 Å². The zero-order chi connectivity index (χ0) is 22.0. The Morgan fingerprint density at radius 1 is 1.17 bits per heavy atom. The van der Waals surface area contributed by atoms with Gasteiger partial charge in [0.1, 0.15) is 11.4 Å². The average molecular weight is 402 g/mol. The van der Waals surface area contributed by atoms with Gasteiger partial charge in [0, 0.05) is 11.3 Å². The summed E-state index contributed by atoms with van der Waals surface area (Å²) in [7, 11) is 0. The third kappa shape index (κ3) is 4.13. The maximum atomic E-state index is 13.5. The fourth-order valence-corrected chi connectivity index (χ4v) is 3.46. The van der Waals surface area contributed by atoms with Crippen molar-refractivity contribution in [1.82, 2.24) is 14.5 Å². The maximum Gasteiger partial charge on any atom is 0.329 e. The molecule has 0 fully saturated rings. The van der Waals surface area contributed by atoms with Crippen molar-refractivity contribution in [2.24, 2.45) is 0 Å². The quantitative estimate of drug-likeness (QED) is 0.660. The number of nitrogens with one attached hydrogen (secondary N) is 1. The summed E-state index contributed by atoms with van der Waals surface area (Å²) in [6.07, 6.45) is 0. The molecule has 0 aliphatic heterocycles. The van der Waals surface area contributed by atoms with Crippen molar-refractivity contribution in [2.45, 2.75) is 40.2 Å². The lowest BCUT2D eigenvalue weighted by atomic mass is 9.98. The highest BCUT2D eigenvalue weighted by Gasteiger charge is 2.25. The molecule has 0 saturated heterocycles. The summed E-state index contributed by atoms with van der Waals surface area (Å²) >= 11 is 0. The van der Waals surface area contributed by atoms with Gasteiger partial charge in [-0.05, 0) is 55.2 Å². The van der Waals surface area contributed by atoms with Gasteiger partial charge in [-0.2, -0.15) is 5.26 Å². The molecule has 0 amide bonds. The minimum atomic E-state index is -0.665. The molecule has 7 nitrogen and oxygen atoms in total. The second kappa shape index (κ2) is 8.29. The van der Waals surface area contributed by atoms with E-state index in [2.05, 4.69) is 9.97 Å². The highest BCUT2D eigenvalue weighted by Crippen LogP contribution is 2.19. The summed E-state index contributed by atoms with van der Waals surface area (Å²) in [4.78, 5) is 45.4. The van der Waals surface area contributed by atoms with Crippen LogP contribution in [0.2, 0.25) is 0 Å². The van der Waals surface area contributed by atoms with E-state index in [0.717, 1.165) is 11.1 Å². The summed E-state index contributed by atoms with van der Waals surface area (Å²) in [5, 5.41) is 8.98. The van der Waals surface area contributed by atoms with Crippen LogP contribution in [0.5, 0.6) is 0 Å². The zero-order valence-corrected chi connectivity index (χ0v) is 17.3. The summed E-state index contributed by atoms with van der Waals surface area (Å²) in [5.41, 5.74) is 1.99. The molecule has 1 aromatic carbocycles. The van der Waals surface area contributed by atoms with Gasteiger partial charge in [0.15, 0.2) is 0 Å². The molecular weight excluding hydrogens is 380 g/mol. The Balaban J connectivity index is 2.25. The molecule has 0 spiro atoms. The topological polar surface area (TPSA) is 109 Å². The summed E-state index contributed by atoms with van der Waals surface area (Å²) in [6.45, 7) is 7.32. The van der Waals surface area contributed by atoms with Crippen LogP contribution in [0.4, 0.5) is 0 Å². The van der Waals surface area contributed by atoms with Crippen molar-refractivity contribution in [1.29, 1.82) is 5.26 Å². The normalized spacial score (nSPS) is 10.8. The second-order valence-electron chi connectivity index (χ2n) is 7.57. The van der Waals surface area contributed by atoms with Crippen LogP contribution in [-0.2, 0) is 6.54 Å². The number of hydrogen-bond donors (Lipinski definition) is 1. The molecule has 2 heterocycles. The van der Waals surface area contributed by atoms with E-state index in [1.54, 1.807) is 51.1 Å². The second-order valence-corrected chi connectivity index (χ2v) is 7.57. The lowest BCUT2D eigenvalue weighted by molar-refractivity contribution is 0.102. The molecule has 3 aromatic rings. The molecular formula is C23H22N4O3. The Bertz CT molecular complexity index is 1260. The molecule has 0 atom stereocenters. The molecule has 0 aliphatic carbocycles. The van der Waals surface area contributed by atoms with Crippen LogP contribution < -0.4 is 11.2 Å². The van der Waals surface area contributed by atoms with Crippen molar-refractivity contribution in [3.63, 3.8) is 0 Å². The van der Waals surface area contributed by atoms with Crippen molar-refractivity contribution >= 4 is 5.78 Å². The smallest absolute Gasteiger partial charge is 0.285 e. The van der Waals surface area contributed by atoms with Crippen LogP contribution in [0.25, 0.3) is 0 Å². The molecule has 0 saturated carbocycles. The van der Waals surface area contributed by atoms with Crippen LogP contribution in [-0.4, -0.2) is 20.3 Å². The van der Waals surface area contributed by atoms with Gasteiger partial charge in [-0.25, -0.2) is 9.78 Å². The predicted octanol–water partition coefficient (Wildman–Crippen LogP) is 2.82. The monoisotopic (exact) mass is 402 g/mol. The Morgan fingerprint density at radius 3 is 2.40 bits per heavy atom. The number of nitrogens with zero attached hydrogens (tertiary/aromatic N) is 3. The number of aryl methyl sites for hydroxylation is 2. The fraction of sp³-hybridized carbons (Fsp3) is 0.261. The van der Waals surface area contributed by atoms with Gasteiger partial charge in [-0.1, -0.05) is 26.0 Å². The van der Waals surface area contributed by atoms with Crippen molar-refractivity contribution < 1.29 is 4.79 Å². The van der Waals surface area contributed by atoms with E-state index in [9.17, 15) is 14.4 Å². The van der Waals surface area contributed by atoms with E-state index < -0.39 is 17.0 Å². The number of aromatic nitrogens is 3. The van der Waals surface area contributed by atoms with E-state index in [4.69, 9.17) is 5.26 Å². The van der Waals surface area contributed by atoms with Crippen LogP contribution >= 0.6 is 0 Å². The van der Waals surface area contributed by atoms with Gasteiger partial charge in [0.2, 0.25) is 5.78 Å². The first-order valence-corrected chi connectivity index (χ1v) is 9.57. The van der Waals surface area contributed by atoms with E-state index in [-0.39, 0.29) is 29.4 Å². The molecule has 3 rings (SSSR count). The predicted molar refractivity (Wildman–Crippen MR) is 113 cm³/mol. The lowest BCUT2D eigenvalue weighted by Gasteiger charge is -2.17. The average Bonchev–Trinajstić information content (AvgIpc) is 2.68. The van der Waals surface area contributed by atoms with E-state index >= 15 is 0 Å². The van der Waals surface area contributed by atoms with Gasteiger partial charge >= 0.3 is 5.69 Å². The molecule has 0 aliphatic rings. The highest BCUT2D eigenvalue weighted by atomic mass is 16.2. The number of ketones is 1. The van der Waals surface area contributed by atoms with Crippen LogP contribution in [0.15, 0.2) is 46.0 Å². The van der Waals surface area contributed by atoms with E-state index in [1.807, 2.05) is 19.1 Å². The van der Waals surface area contributed by atoms with E-state index in [0.29, 0.717) is 11.3 Å². The third-order valence-electron chi connectivity index (χ3n) is 4.78. The van der Waals surface area contributed by atoms with E-state index in [1.165, 1.54) is 4.57 Å². The molecule has 0 radical (unpaired) electrons. The number of carbonyl (C=O) groups excluding carboxylic acids is 1. The maximum absolute atomic E-state index is 13.5. The standard InChI is InChI=1S/C23H22N4O3/c1-13(2)19-20(21(28)18-10-14(3)9-15(4)25-18)27(23(30)26-22(19)29)12-17-7-5-16(11-24)6-8-17/h5-10,13H,12H2,1-4H3,(H,26,29,30). The Morgan fingerprint density at radius 2 is 1.83 bits per heavy atom.